The summed E-state index contributed by atoms with van der Waals surface area (Å²) in [5, 5.41) is 11.0. The number of Topliss-reactive ketones (excluding diaryl/α,β-unsaturated/α-hetero) is 1. The van der Waals surface area contributed by atoms with E-state index in [4.69, 9.17) is 4.98 Å². The van der Waals surface area contributed by atoms with Gasteiger partial charge in [0.25, 0.3) is 5.56 Å². The van der Waals surface area contributed by atoms with Crippen molar-refractivity contribution >= 4 is 39.1 Å². The number of aromatic nitrogens is 3. The Balaban J connectivity index is 1.81. The summed E-state index contributed by atoms with van der Waals surface area (Å²) < 4.78 is 3.65. The van der Waals surface area contributed by atoms with Crippen LogP contribution in [0.5, 0.6) is 5.75 Å². The summed E-state index contributed by atoms with van der Waals surface area (Å²) in [5.41, 5.74) is 4.84. The summed E-state index contributed by atoms with van der Waals surface area (Å²) in [7, 11) is 0. The second-order valence-electron chi connectivity index (χ2n) is 8.57. The van der Waals surface area contributed by atoms with Crippen LogP contribution < -0.4 is 5.56 Å². The number of carbonyl (C=O) groups excluding carboxylic acids is 1. The molecule has 35 heavy (non-hydrogen) atoms. The average molecular weight is 508 g/mol. The van der Waals surface area contributed by atoms with Crippen LogP contribution in [0.3, 0.4) is 0 Å². The van der Waals surface area contributed by atoms with Crippen LogP contribution >= 0.6 is 23.1 Å². The van der Waals surface area contributed by atoms with Crippen molar-refractivity contribution in [3.8, 4) is 11.4 Å². The van der Waals surface area contributed by atoms with Gasteiger partial charge in [0.2, 0.25) is 0 Å². The van der Waals surface area contributed by atoms with Gasteiger partial charge in [-0.15, -0.1) is 17.9 Å². The van der Waals surface area contributed by atoms with Crippen molar-refractivity contribution in [1.82, 2.24) is 14.1 Å². The summed E-state index contributed by atoms with van der Waals surface area (Å²) in [5.74, 6) is 0.268. The van der Waals surface area contributed by atoms with Gasteiger partial charge in [0.05, 0.1) is 16.8 Å². The Morgan fingerprint density at radius 2 is 1.97 bits per heavy atom. The number of fused-ring (bicyclic) bond motifs is 1. The number of thiophene rings is 1. The predicted octanol–water partition coefficient (Wildman–Crippen LogP) is 5.91. The molecule has 1 aromatic carbocycles. The number of hydrogen-bond acceptors (Lipinski definition) is 6. The molecule has 0 bridgehead atoms. The van der Waals surface area contributed by atoms with E-state index in [0.717, 1.165) is 33.8 Å². The van der Waals surface area contributed by atoms with Crippen LogP contribution in [0.2, 0.25) is 0 Å². The van der Waals surface area contributed by atoms with E-state index in [1.165, 1.54) is 23.1 Å². The quantitative estimate of drug-likeness (QED) is 0.139. The fourth-order valence-corrected chi connectivity index (χ4v) is 6.57. The molecule has 8 heteroatoms. The molecule has 0 spiro atoms. The Labute approximate surface area is 213 Å². The van der Waals surface area contributed by atoms with E-state index in [-0.39, 0.29) is 22.8 Å². The van der Waals surface area contributed by atoms with Gasteiger partial charge in [0, 0.05) is 28.4 Å². The van der Waals surface area contributed by atoms with Crippen molar-refractivity contribution in [2.75, 3.05) is 5.75 Å². The molecule has 0 amide bonds. The molecule has 0 saturated heterocycles. The summed E-state index contributed by atoms with van der Waals surface area (Å²) >= 11 is 2.77. The lowest BCUT2D eigenvalue weighted by molar-refractivity contribution is 0.102. The molecule has 3 aromatic heterocycles. The molecule has 0 unspecified atom stereocenters. The zero-order valence-electron chi connectivity index (χ0n) is 20.6. The van der Waals surface area contributed by atoms with E-state index in [2.05, 4.69) is 11.1 Å². The van der Waals surface area contributed by atoms with Crippen molar-refractivity contribution in [3.63, 3.8) is 0 Å². The Morgan fingerprint density at radius 3 is 2.63 bits per heavy atom. The van der Waals surface area contributed by atoms with E-state index in [1.807, 2.05) is 46.8 Å². The first-order chi connectivity index (χ1) is 16.7. The van der Waals surface area contributed by atoms with E-state index in [9.17, 15) is 14.7 Å². The lowest BCUT2D eigenvalue weighted by Gasteiger charge is -2.15. The second kappa shape index (κ2) is 9.87. The highest BCUT2D eigenvalue weighted by molar-refractivity contribution is 7.99. The smallest absolute Gasteiger partial charge is 0.267 e. The standard InChI is InChI=1S/C27H29N3O3S2/c1-7-11-29-16(4)13-21(17(29)5)23(32)14-34-27-28-25-24(20(8-2)18(6)35-25)26(33)30(27)22-10-9-19(31)12-15(22)3/h7,9-10,12-13,31H,1,8,11,14H2,2-6H3. The lowest BCUT2D eigenvalue weighted by atomic mass is 10.1. The van der Waals surface area contributed by atoms with Crippen LogP contribution in [-0.4, -0.2) is 30.8 Å². The highest BCUT2D eigenvalue weighted by Crippen LogP contribution is 2.32. The van der Waals surface area contributed by atoms with Gasteiger partial charge in [0.15, 0.2) is 10.9 Å². The van der Waals surface area contributed by atoms with Crippen LogP contribution in [0.4, 0.5) is 0 Å². The zero-order valence-corrected chi connectivity index (χ0v) is 22.3. The maximum absolute atomic E-state index is 13.8. The molecule has 0 aliphatic heterocycles. The number of benzene rings is 1. The minimum absolute atomic E-state index is 0.0154. The molecule has 0 radical (unpaired) electrons. The predicted molar refractivity (Wildman–Crippen MR) is 145 cm³/mol. The van der Waals surface area contributed by atoms with Gasteiger partial charge in [0.1, 0.15) is 10.6 Å². The molecular weight excluding hydrogens is 478 g/mol. The molecule has 0 aliphatic carbocycles. The number of aromatic hydroxyl groups is 1. The van der Waals surface area contributed by atoms with Gasteiger partial charge >= 0.3 is 0 Å². The highest BCUT2D eigenvalue weighted by atomic mass is 32.2. The van der Waals surface area contributed by atoms with E-state index in [1.54, 1.807) is 22.8 Å². The molecule has 4 aromatic rings. The monoisotopic (exact) mass is 507 g/mol. The number of aryl methyl sites for hydroxylation is 4. The maximum atomic E-state index is 13.8. The number of hydrogen-bond donors (Lipinski definition) is 1. The third-order valence-electron chi connectivity index (χ3n) is 6.29. The van der Waals surface area contributed by atoms with Gasteiger partial charge < -0.3 is 9.67 Å². The van der Waals surface area contributed by atoms with Crippen molar-refractivity contribution in [3.05, 3.63) is 80.2 Å². The summed E-state index contributed by atoms with van der Waals surface area (Å²) in [6.07, 6.45) is 2.55. The minimum atomic E-state index is -0.149. The molecule has 0 fully saturated rings. The molecule has 0 aliphatic rings. The van der Waals surface area contributed by atoms with Crippen molar-refractivity contribution < 1.29 is 9.90 Å². The van der Waals surface area contributed by atoms with Gasteiger partial charge in [-0.25, -0.2) is 4.98 Å². The number of carbonyl (C=O) groups is 1. The number of thioether (sulfide) groups is 1. The fourth-order valence-electron chi connectivity index (χ4n) is 4.52. The van der Waals surface area contributed by atoms with E-state index in [0.29, 0.717) is 33.2 Å². The van der Waals surface area contributed by atoms with Crippen molar-refractivity contribution in [2.24, 2.45) is 0 Å². The largest absolute Gasteiger partial charge is 0.508 e. The minimum Gasteiger partial charge on any atom is -0.508 e. The topological polar surface area (TPSA) is 77.1 Å². The molecule has 6 nitrogen and oxygen atoms in total. The van der Waals surface area contributed by atoms with Gasteiger partial charge in [-0.3, -0.25) is 14.2 Å². The van der Waals surface area contributed by atoms with Crippen LogP contribution in [0.15, 0.2) is 46.9 Å². The number of phenols is 1. The third kappa shape index (κ3) is 4.48. The molecule has 0 saturated carbocycles. The number of rotatable bonds is 8. The van der Waals surface area contributed by atoms with Gasteiger partial charge in [-0.2, -0.15) is 0 Å². The number of nitrogens with zero attached hydrogens (tertiary/aromatic N) is 3. The lowest BCUT2D eigenvalue weighted by Crippen LogP contribution is -2.23. The summed E-state index contributed by atoms with van der Waals surface area (Å²) in [4.78, 5) is 33.7. The zero-order chi connectivity index (χ0) is 25.4. The highest BCUT2D eigenvalue weighted by Gasteiger charge is 2.22. The summed E-state index contributed by atoms with van der Waals surface area (Å²) in [6, 6.07) is 6.82. The van der Waals surface area contributed by atoms with E-state index >= 15 is 0 Å². The molecule has 0 atom stereocenters. The number of allylic oxidation sites excluding steroid dienone is 1. The first-order valence-corrected chi connectivity index (χ1v) is 13.3. The van der Waals surface area contributed by atoms with E-state index < -0.39 is 0 Å². The van der Waals surface area contributed by atoms with Crippen molar-refractivity contribution in [1.29, 1.82) is 0 Å². The fraction of sp³-hybridized carbons (Fsp3) is 0.296. The third-order valence-corrected chi connectivity index (χ3v) is 8.27. The Hall–Kier alpha value is -3.10. The maximum Gasteiger partial charge on any atom is 0.267 e. The summed E-state index contributed by atoms with van der Waals surface area (Å²) in [6.45, 7) is 14.3. The second-order valence-corrected chi connectivity index (χ2v) is 10.7. The number of ketones is 1. The normalized spacial score (nSPS) is 11.3. The van der Waals surface area contributed by atoms with Gasteiger partial charge in [-0.1, -0.05) is 24.8 Å². The van der Waals surface area contributed by atoms with Crippen LogP contribution in [0.25, 0.3) is 15.9 Å². The molecule has 3 heterocycles. The molecule has 1 N–H and O–H groups in total. The Morgan fingerprint density at radius 1 is 1.23 bits per heavy atom. The van der Waals surface area contributed by atoms with Crippen LogP contribution in [0, 0.1) is 27.7 Å². The SMILES string of the molecule is C=CCn1c(C)cc(C(=O)CSc2nc3sc(C)c(CC)c3c(=O)n2-c2ccc(O)cc2C)c1C. The average Bonchev–Trinajstić information content (AvgIpc) is 3.28. The molecular formula is C27H29N3O3S2. The molecule has 4 rings (SSSR count). The van der Waals surface area contributed by atoms with Crippen LogP contribution in [0.1, 0.15) is 44.7 Å². The first kappa shape index (κ1) is 25.0. The number of phenolic OH excluding ortho intramolecular Hbond substituents is 1. The van der Waals surface area contributed by atoms with Crippen molar-refractivity contribution in [2.45, 2.75) is 52.7 Å². The van der Waals surface area contributed by atoms with Gasteiger partial charge in [-0.05, 0) is 69.5 Å². The first-order valence-electron chi connectivity index (χ1n) is 11.5. The Kier molecular flexibility index (Phi) is 7.05. The molecule has 182 valence electrons. The Bertz CT molecular complexity index is 1530. The van der Waals surface area contributed by atoms with Crippen LogP contribution in [-0.2, 0) is 13.0 Å².